The number of aryl methyl sites for hydroxylation is 2. The molecule has 0 fully saturated rings. The third-order valence-electron chi connectivity index (χ3n) is 6.39. The van der Waals surface area contributed by atoms with Crippen LogP contribution in [0.5, 0.6) is 11.5 Å². The number of rotatable bonds is 3. The van der Waals surface area contributed by atoms with Gasteiger partial charge < -0.3 is 14.8 Å². The molecule has 6 rings (SSSR count). The lowest BCUT2D eigenvalue weighted by atomic mass is 9.84. The van der Waals surface area contributed by atoms with Crippen LogP contribution in [0.15, 0.2) is 78.6 Å². The fourth-order valence-corrected chi connectivity index (χ4v) is 4.66. The summed E-state index contributed by atoms with van der Waals surface area (Å²) in [6.07, 6.45) is 1.31. The number of nitrogens with one attached hydrogen (secondary N) is 1. The highest BCUT2D eigenvalue weighted by Gasteiger charge is 2.41. The SMILES string of the molecule is COc1ccc2c(c1)C1=C([C@H](c3ccc(C)cc3)n3ncnc3N1)[C@@H](c1ccc(C)cc1)O2. The molecule has 0 amide bonds. The summed E-state index contributed by atoms with van der Waals surface area (Å²) in [5.41, 5.74) is 7.70. The highest BCUT2D eigenvalue weighted by atomic mass is 16.5. The summed E-state index contributed by atoms with van der Waals surface area (Å²) >= 11 is 0. The van der Waals surface area contributed by atoms with Gasteiger partial charge in [-0.1, -0.05) is 59.7 Å². The lowest BCUT2D eigenvalue weighted by molar-refractivity contribution is 0.222. The van der Waals surface area contributed by atoms with Crippen molar-refractivity contribution < 1.29 is 9.47 Å². The van der Waals surface area contributed by atoms with Crippen LogP contribution in [-0.4, -0.2) is 21.9 Å². The maximum atomic E-state index is 6.68. The lowest BCUT2D eigenvalue weighted by Crippen LogP contribution is -2.32. The maximum absolute atomic E-state index is 6.68. The smallest absolute Gasteiger partial charge is 0.226 e. The predicted molar refractivity (Wildman–Crippen MR) is 127 cm³/mol. The third kappa shape index (κ3) is 3.18. The Labute approximate surface area is 192 Å². The van der Waals surface area contributed by atoms with Gasteiger partial charge in [-0.3, -0.25) is 0 Å². The molecule has 33 heavy (non-hydrogen) atoms. The molecule has 1 N–H and O–H groups in total. The fourth-order valence-electron chi connectivity index (χ4n) is 4.66. The van der Waals surface area contributed by atoms with Gasteiger partial charge in [0.15, 0.2) is 0 Å². The second-order valence-corrected chi connectivity index (χ2v) is 8.57. The molecular weight excluding hydrogens is 412 g/mol. The summed E-state index contributed by atoms with van der Waals surface area (Å²) in [6, 6.07) is 22.9. The van der Waals surface area contributed by atoms with Gasteiger partial charge in [-0.15, -0.1) is 0 Å². The first-order valence-corrected chi connectivity index (χ1v) is 11.0. The summed E-state index contributed by atoms with van der Waals surface area (Å²) in [5, 5.41) is 8.13. The molecule has 0 saturated carbocycles. The second-order valence-electron chi connectivity index (χ2n) is 8.57. The van der Waals surface area contributed by atoms with Gasteiger partial charge in [0.25, 0.3) is 0 Å². The van der Waals surface area contributed by atoms with Crippen LogP contribution in [0.3, 0.4) is 0 Å². The monoisotopic (exact) mass is 436 g/mol. The van der Waals surface area contributed by atoms with Gasteiger partial charge >= 0.3 is 0 Å². The Morgan fingerprint density at radius 3 is 2.30 bits per heavy atom. The van der Waals surface area contributed by atoms with E-state index in [9.17, 15) is 0 Å². The molecular formula is C27H24N4O2. The average Bonchev–Trinajstić information content (AvgIpc) is 3.31. The minimum absolute atomic E-state index is 0.162. The van der Waals surface area contributed by atoms with Crippen molar-refractivity contribution in [3.63, 3.8) is 0 Å². The quantitative estimate of drug-likeness (QED) is 0.462. The topological polar surface area (TPSA) is 61.2 Å². The molecule has 3 heterocycles. The third-order valence-corrected chi connectivity index (χ3v) is 6.39. The molecule has 6 nitrogen and oxygen atoms in total. The van der Waals surface area contributed by atoms with Gasteiger partial charge in [0.05, 0.1) is 12.8 Å². The zero-order valence-corrected chi connectivity index (χ0v) is 18.7. The van der Waals surface area contributed by atoms with Crippen LogP contribution in [0.2, 0.25) is 0 Å². The van der Waals surface area contributed by atoms with Crippen molar-refractivity contribution in [2.75, 3.05) is 12.4 Å². The molecule has 164 valence electrons. The Bertz CT molecular complexity index is 1370. The highest BCUT2D eigenvalue weighted by Crippen LogP contribution is 2.51. The zero-order valence-electron chi connectivity index (χ0n) is 18.7. The van der Waals surface area contributed by atoms with Crippen LogP contribution in [0.25, 0.3) is 5.70 Å². The van der Waals surface area contributed by atoms with E-state index in [1.165, 1.54) is 11.1 Å². The van der Waals surface area contributed by atoms with Crippen molar-refractivity contribution in [3.05, 3.63) is 106 Å². The Morgan fingerprint density at radius 1 is 0.909 bits per heavy atom. The van der Waals surface area contributed by atoms with Gasteiger partial charge in [0.1, 0.15) is 30.0 Å². The van der Waals surface area contributed by atoms with Crippen LogP contribution >= 0.6 is 0 Å². The lowest BCUT2D eigenvalue weighted by Gasteiger charge is -2.39. The number of fused-ring (bicyclic) bond motifs is 3. The van der Waals surface area contributed by atoms with E-state index < -0.39 is 0 Å². The van der Waals surface area contributed by atoms with E-state index in [-0.39, 0.29) is 12.1 Å². The molecule has 0 spiro atoms. The first-order chi connectivity index (χ1) is 16.1. The molecule has 3 aromatic carbocycles. The van der Waals surface area contributed by atoms with Crippen molar-refractivity contribution in [3.8, 4) is 11.5 Å². The number of nitrogens with zero attached hydrogens (tertiary/aromatic N) is 3. The summed E-state index contributed by atoms with van der Waals surface area (Å²) < 4.78 is 14.1. The summed E-state index contributed by atoms with van der Waals surface area (Å²) in [7, 11) is 1.68. The number of methoxy groups -OCH3 is 1. The van der Waals surface area contributed by atoms with E-state index in [1.54, 1.807) is 13.4 Å². The van der Waals surface area contributed by atoms with Crippen molar-refractivity contribution in [1.29, 1.82) is 0 Å². The van der Waals surface area contributed by atoms with Crippen LogP contribution < -0.4 is 14.8 Å². The molecule has 0 bridgehead atoms. The van der Waals surface area contributed by atoms with E-state index in [2.05, 4.69) is 77.8 Å². The molecule has 1 aromatic heterocycles. The van der Waals surface area contributed by atoms with Gasteiger partial charge in [0.2, 0.25) is 5.95 Å². The molecule has 2 atom stereocenters. The predicted octanol–water partition coefficient (Wildman–Crippen LogP) is 5.46. The summed E-state index contributed by atoms with van der Waals surface area (Å²) in [5.74, 6) is 2.29. The van der Waals surface area contributed by atoms with Crippen molar-refractivity contribution in [1.82, 2.24) is 14.8 Å². The van der Waals surface area contributed by atoms with E-state index in [4.69, 9.17) is 9.47 Å². The van der Waals surface area contributed by atoms with Crippen molar-refractivity contribution in [2.45, 2.75) is 26.0 Å². The van der Waals surface area contributed by atoms with Crippen LogP contribution in [-0.2, 0) is 0 Å². The molecule has 0 unspecified atom stereocenters. The van der Waals surface area contributed by atoms with Gasteiger partial charge in [-0.25, -0.2) is 4.68 Å². The number of hydrogen-bond acceptors (Lipinski definition) is 5. The summed E-state index contributed by atoms with van der Waals surface area (Å²) in [6.45, 7) is 4.19. The average molecular weight is 437 g/mol. The van der Waals surface area contributed by atoms with Gasteiger partial charge in [-0.05, 0) is 43.2 Å². The normalized spacial score (nSPS) is 18.5. The Morgan fingerprint density at radius 2 is 1.61 bits per heavy atom. The number of aromatic nitrogens is 3. The van der Waals surface area contributed by atoms with E-state index in [0.717, 1.165) is 39.5 Å². The Hall–Kier alpha value is -4.06. The Balaban J connectivity index is 1.62. The number of benzene rings is 3. The van der Waals surface area contributed by atoms with Gasteiger partial charge in [0, 0.05) is 11.1 Å². The van der Waals surface area contributed by atoms with Gasteiger partial charge in [-0.2, -0.15) is 10.1 Å². The molecule has 6 heteroatoms. The van der Waals surface area contributed by atoms with E-state index in [1.807, 2.05) is 22.9 Å². The first kappa shape index (κ1) is 19.6. The van der Waals surface area contributed by atoms with Crippen molar-refractivity contribution >= 4 is 11.6 Å². The van der Waals surface area contributed by atoms with Crippen LogP contribution in [0, 0.1) is 13.8 Å². The van der Waals surface area contributed by atoms with E-state index in [0.29, 0.717) is 5.95 Å². The molecule has 0 saturated heterocycles. The molecule has 2 aliphatic rings. The van der Waals surface area contributed by atoms with E-state index >= 15 is 0 Å². The molecule has 0 aliphatic carbocycles. The van der Waals surface area contributed by atoms with Crippen LogP contribution in [0.4, 0.5) is 5.95 Å². The zero-order chi connectivity index (χ0) is 22.5. The first-order valence-electron chi connectivity index (χ1n) is 11.0. The highest BCUT2D eigenvalue weighted by molar-refractivity contribution is 5.85. The minimum Gasteiger partial charge on any atom is -0.497 e. The molecule has 2 aliphatic heterocycles. The van der Waals surface area contributed by atoms with Crippen LogP contribution in [0.1, 0.15) is 40.0 Å². The number of ether oxygens (including phenoxy) is 2. The number of hydrogen-bond donors (Lipinski definition) is 1. The standard InChI is InChI=1S/C27H24N4O2/c1-16-4-8-18(9-5-16)25-23-24(30-27-28-15-29-31(25)27)21-14-20(32-3)12-13-22(21)33-26(23)19-10-6-17(2)7-11-19/h4-15,25-26H,1-3H3,(H,28,29,30)/t25-,26+/m0/s1. The molecule has 4 aromatic rings. The summed E-state index contributed by atoms with van der Waals surface area (Å²) in [4.78, 5) is 4.50. The Kier molecular flexibility index (Phi) is 4.47. The maximum Gasteiger partial charge on any atom is 0.226 e. The minimum atomic E-state index is -0.280. The molecule has 0 radical (unpaired) electrons. The largest absolute Gasteiger partial charge is 0.497 e. The number of anilines is 1. The fraction of sp³-hybridized carbons (Fsp3) is 0.185. The second kappa shape index (κ2) is 7.52. The van der Waals surface area contributed by atoms with Crippen molar-refractivity contribution in [2.24, 2.45) is 0 Å².